The monoisotopic (exact) mass is 258 g/mol. The van der Waals surface area contributed by atoms with Gasteiger partial charge in [0.05, 0.1) is 11.4 Å². The summed E-state index contributed by atoms with van der Waals surface area (Å²) in [7, 11) is 0. The minimum atomic E-state index is 0.365. The first-order valence-corrected chi connectivity index (χ1v) is 7.46. The summed E-state index contributed by atoms with van der Waals surface area (Å²) in [5.74, 6) is 0.863. The number of hydrogen-bond acceptors (Lipinski definition) is 2. The van der Waals surface area contributed by atoms with Crippen LogP contribution in [-0.2, 0) is 0 Å². The van der Waals surface area contributed by atoms with Crippen LogP contribution in [0, 0.1) is 23.7 Å². The molecule has 2 bridgehead atoms. The van der Waals surface area contributed by atoms with E-state index in [-0.39, 0.29) is 0 Å². The smallest absolute Gasteiger partial charge is 0.0576 e. The first-order chi connectivity index (χ1) is 8.83. The van der Waals surface area contributed by atoms with Gasteiger partial charge in [-0.25, -0.2) is 0 Å². The van der Waals surface area contributed by atoms with E-state index in [2.05, 4.69) is 51.2 Å². The van der Waals surface area contributed by atoms with Gasteiger partial charge in [0.2, 0.25) is 0 Å². The summed E-state index contributed by atoms with van der Waals surface area (Å²) in [4.78, 5) is 0. The van der Waals surface area contributed by atoms with E-state index in [4.69, 9.17) is 5.73 Å². The van der Waals surface area contributed by atoms with Gasteiger partial charge in [-0.3, -0.25) is 0 Å². The Kier molecular flexibility index (Phi) is 2.64. The normalized spacial score (nSPS) is 35.6. The van der Waals surface area contributed by atoms with Crippen molar-refractivity contribution in [3.8, 4) is 0 Å². The Hall–Kier alpha value is -1.18. The van der Waals surface area contributed by atoms with Crippen LogP contribution >= 0.6 is 0 Å². The summed E-state index contributed by atoms with van der Waals surface area (Å²) >= 11 is 0. The fourth-order valence-electron chi connectivity index (χ4n) is 4.63. The Balaban J connectivity index is 1.90. The van der Waals surface area contributed by atoms with Gasteiger partial charge in [-0.15, -0.1) is 0 Å². The van der Waals surface area contributed by atoms with Crippen molar-refractivity contribution in [2.75, 3.05) is 11.1 Å². The summed E-state index contributed by atoms with van der Waals surface area (Å²) in [5.41, 5.74) is 10.2. The second-order valence-electron chi connectivity index (χ2n) is 7.58. The molecule has 19 heavy (non-hydrogen) atoms. The fraction of sp³-hybridized carbons (Fsp3) is 0.647. The third-order valence-electron chi connectivity index (χ3n) is 5.78. The van der Waals surface area contributed by atoms with E-state index in [0.29, 0.717) is 16.9 Å². The van der Waals surface area contributed by atoms with Gasteiger partial charge >= 0.3 is 0 Å². The minimum Gasteiger partial charge on any atom is -0.397 e. The quantitative estimate of drug-likeness (QED) is 0.780. The molecule has 0 radical (unpaired) electrons. The van der Waals surface area contributed by atoms with Gasteiger partial charge in [0.25, 0.3) is 0 Å². The Labute approximate surface area is 116 Å². The van der Waals surface area contributed by atoms with Crippen molar-refractivity contribution in [3.63, 3.8) is 0 Å². The lowest BCUT2D eigenvalue weighted by molar-refractivity contribution is 0.155. The Bertz CT molecular complexity index is 501. The molecule has 0 heterocycles. The van der Waals surface area contributed by atoms with E-state index in [0.717, 1.165) is 17.3 Å². The molecule has 1 aromatic carbocycles. The standard InChI is InChI=1S/C17H26N2/c1-11-5-6-14(13(18)9-11)19-15-16(2,3)12-7-8-17(15,4)10-12/h5-6,9,12,15,19H,7-8,10,18H2,1-4H3. The molecule has 0 amide bonds. The van der Waals surface area contributed by atoms with Crippen LogP contribution in [-0.4, -0.2) is 6.04 Å². The van der Waals surface area contributed by atoms with Crippen molar-refractivity contribution in [2.24, 2.45) is 16.7 Å². The molecule has 0 aromatic heterocycles. The lowest BCUT2D eigenvalue weighted by Crippen LogP contribution is -2.45. The average Bonchev–Trinajstić information content (AvgIpc) is 2.78. The Morgan fingerprint density at radius 3 is 2.58 bits per heavy atom. The van der Waals surface area contributed by atoms with E-state index in [1.165, 1.54) is 24.8 Å². The number of nitrogens with one attached hydrogen (secondary N) is 1. The molecule has 2 saturated carbocycles. The zero-order valence-corrected chi connectivity index (χ0v) is 12.6. The second-order valence-corrected chi connectivity index (χ2v) is 7.58. The van der Waals surface area contributed by atoms with Crippen LogP contribution < -0.4 is 11.1 Å². The zero-order chi connectivity index (χ0) is 13.8. The van der Waals surface area contributed by atoms with Crippen molar-refractivity contribution < 1.29 is 0 Å². The van der Waals surface area contributed by atoms with Crippen LogP contribution in [0.15, 0.2) is 18.2 Å². The third kappa shape index (κ3) is 1.84. The van der Waals surface area contributed by atoms with Crippen molar-refractivity contribution in [1.29, 1.82) is 0 Å². The highest BCUT2D eigenvalue weighted by atomic mass is 15.0. The molecule has 0 spiro atoms. The lowest BCUT2D eigenvalue weighted by atomic mass is 9.68. The summed E-state index contributed by atoms with van der Waals surface area (Å²) in [6, 6.07) is 6.87. The molecule has 2 heteroatoms. The topological polar surface area (TPSA) is 38.0 Å². The van der Waals surface area contributed by atoms with Gasteiger partial charge in [-0.2, -0.15) is 0 Å². The number of benzene rings is 1. The van der Waals surface area contributed by atoms with Crippen molar-refractivity contribution >= 4 is 11.4 Å². The predicted molar refractivity (Wildman–Crippen MR) is 82.2 cm³/mol. The second kappa shape index (κ2) is 3.91. The zero-order valence-electron chi connectivity index (χ0n) is 12.6. The molecule has 0 aliphatic heterocycles. The number of rotatable bonds is 2. The molecule has 2 aliphatic carbocycles. The predicted octanol–water partition coefficient (Wildman–Crippen LogP) is 4.20. The molecule has 3 rings (SSSR count). The molecule has 1 aromatic rings. The van der Waals surface area contributed by atoms with Crippen LogP contribution in [0.4, 0.5) is 11.4 Å². The van der Waals surface area contributed by atoms with E-state index >= 15 is 0 Å². The molecule has 0 saturated heterocycles. The maximum absolute atomic E-state index is 6.17. The molecule has 3 unspecified atom stereocenters. The van der Waals surface area contributed by atoms with Crippen LogP contribution in [0.25, 0.3) is 0 Å². The summed E-state index contributed by atoms with van der Waals surface area (Å²) in [6.45, 7) is 9.38. The third-order valence-corrected chi connectivity index (χ3v) is 5.78. The first-order valence-electron chi connectivity index (χ1n) is 7.46. The molecule has 104 valence electrons. The lowest BCUT2D eigenvalue weighted by Gasteiger charge is -2.43. The number of aryl methyl sites for hydroxylation is 1. The average molecular weight is 258 g/mol. The Morgan fingerprint density at radius 1 is 1.26 bits per heavy atom. The number of nitrogen functional groups attached to an aromatic ring is 1. The summed E-state index contributed by atoms with van der Waals surface area (Å²) in [6.07, 6.45) is 4.11. The van der Waals surface area contributed by atoms with E-state index in [9.17, 15) is 0 Å². The maximum atomic E-state index is 6.17. The van der Waals surface area contributed by atoms with Gasteiger partial charge < -0.3 is 11.1 Å². The Morgan fingerprint density at radius 2 is 2.00 bits per heavy atom. The number of hydrogen-bond donors (Lipinski definition) is 2. The van der Waals surface area contributed by atoms with Gasteiger partial charge in [0, 0.05) is 6.04 Å². The molecule has 2 fully saturated rings. The fourth-order valence-corrected chi connectivity index (χ4v) is 4.63. The highest BCUT2D eigenvalue weighted by molar-refractivity contribution is 5.67. The van der Waals surface area contributed by atoms with Crippen molar-refractivity contribution in [3.05, 3.63) is 23.8 Å². The van der Waals surface area contributed by atoms with E-state index < -0.39 is 0 Å². The summed E-state index contributed by atoms with van der Waals surface area (Å²) in [5, 5.41) is 3.77. The van der Waals surface area contributed by atoms with Crippen molar-refractivity contribution in [2.45, 2.75) is 53.0 Å². The minimum absolute atomic E-state index is 0.365. The number of anilines is 2. The SMILES string of the molecule is Cc1ccc(NC2C3(C)CCC(C3)C2(C)C)c(N)c1. The van der Waals surface area contributed by atoms with E-state index in [1.54, 1.807) is 0 Å². The first kappa shape index (κ1) is 12.8. The van der Waals surface area contributed by atoms with Gasteiger partial charge in [-0.1, -0.05) is 26.8 Å². The number of fused-ring (bicyclic) bond motifs is 2. The number of nitrogens with two attached hydrogens (primary N) is 1. The molecule has 3 atom stereocenters. The molecular weight excluding hydrogens is 232 g/mol. The molecule has 2 aliphatic rings. The van der Waals surface area contributed by atoms with Gasteiger partial charge in [-0.05, 0) is 60.6 Å². The highest BCUT2D eigenvalue weighted by Crippen LogP contribution is 2.63. The molecule has 3 N–H and O–H groups in total. The van der Waals surface area contributed by atoms with Gasteiger partial charge in [0.1, 0.15) is 0 Å². The van der Waals surface area contributed by atoms with Crippen molar-refractivity contribution in [1.82, 2.24) is 0 Å². The maximum Gasteiger partial charge on any atom is 0.0576 e. The van der Waals surface area contributed by atoms with Crippen LogP contribution in [0.3, 0.4) is 0 Å². The largest absolute Gasteiger partial charge is 0.397 e. The molecular formula is C17H26N2. The van der Waals surface area contributed by atoms with Crippen LogP contribution in [0.5, 0.6) is 0 Å². The van der Waals surface area contributed by atoms with E-state index in [1.807, 2.05) is 0 Å². The van der Waals surface area contributed by atoms with Crippen LogP contribution in [0.1, 0.15) is 45.6 Å². The van der Waals surface area contributed by atoms with Gasteiger partial charge in [0.15, 0.2) is 0 Å². The van der Waals surface area contributed by atoms with Crippen LogP contribution in [0.2, 0.25) is 0 Å². The summed E-state index contributed by atoms with van der Waals surface area (Å²) < 4.78 is 0. The molecule has 2 nitrogen and oxygen atoms in total. The highest BCUT2D eigenvalue weighted by Gasteiger charge is 2.59.